The Hall–Kier alpha value is -2.84. The van der Waals surface area contributed by atoms with Crippen molar-refractivity contribution in [3.8, 4) is 0 Å². The minimum absolute atomic E-state index is 0.0636. The third-order valence-corrected chi connectivity index (χ3v) is 5.50. The Morgan fingerprint density at radius 1 is 0.808 bits per heavy atom. The van der Waals surface area contributed by atoms with Crippen LogP contribution in [0.5, 0.6) is 0 Å². The fourth-order valence-corrected chi connectivity index (χ4v) is 3.97. The molecule has 2 aliphatic heterocycles. The van der Waals surface area contributed by atoms with Crippen LogP contribution in [0.4, 0.5) is 5.69 Å². The Morgan fingerprint density at radius 2 is 1.54 bits per heavy atom. The molecule has 2 atom stereocenters. The third kappa shape index (κ3) is 2.30. The fraction of sp³-hybridized carbons (Fsp3) is 0.167. The van der Waals surface area contributed by atoms with E-state index in [4.69, 9.17) is 4.74 Å². The Morgan fingerprint density at radius 3 is 2.38 bits per heavy atom. The lowest BCUT2D eigenvalue weighted by Crippen LogP contribution is -2.35. The van der Waals surface area contributed by atoms with Crippen LogP contribution in [0, 0.1) is 13.8 Å². The average molecular weight is 339 g/mol. The predicted molar refractivity (Wildman–Crippen MR) is 106 cm³/mol. The van der Waals surface area contributed by atoms with Crippen LogP contribution in [-0.4, -0.2) is 0 Å². The molecular weight excluding hydrogens is 318 g/mol. The van der Waals surface area contributed by atoms with Crippen LogP contribution in [0.25, 0.3) is 6.08 Å². The van der Waals surface area contributed by atoms with Crippen LogP contribution in [0.1, 0.15) is 45.7 Å². The van der Waals surface area contributed by atoms with Gasteiger partial charge in [-0.25, -0.2) is 0 Å². The van der Waals surface area contributed by atoms with Gasteiger partial charge in [0.05, 0.1) is 0 Å². The van der Waals surface area contributed by atoms with Crippen molar-refractivity contribution < 1.29 is 4.74 Å². The maximum Gasteiger partial charge on any atom is 0.162 e. The quantitative estimate of drug-likeness (QED) is 0.546. The molecule has 0 saturated carbocycles. The highest BCUT2D eigenvalue weighted by Crippen LogP contribution is 2.48. The van der Waals surface area contributed by atoms with Gasteiger partial charge in [0.15, 0.2) is 6.23 Å². The first-order chi connectivity index (χ1) is 12.7. The lowest BCUT2D eigenvalue weighted by Gasteiger charge is -2.43. The molecule has 2 unspecified atom stereocenters. The molecule has 128 valence electrons. The number of hydrogen-bond acceptors (Lipinski definition) is 2. The van der Waals surface area contributed by atoms with E-state index in [1.54, 1.807) is 0 Å². The van der Waals surface area contributed by atoms with Crippen molar-refractivity contribution >= 4 is 11.8 Å². The van der Waals surface area contributed by atoms with Gasteiger partial charge in [0, 0.05) is 23.0 Å². The molecule has 0 spiro atoms. The van der Waals surface area contributed by atoms with E-state index in [-0.39, 0.29) is 12.3 Å². The van der Waals surface area contributed by atoms with Crippen LogP contribution >= 0.6 is 0 Å². The molecule has 0 aliphatic carbocycles. The van der Waals surface area contributed by atoms with Crippen molar-refractivity contribution in [1.29, 1.82) is 0 Å². The van der Waals surface area contributed by atoms with Crippen molar-refractivity contribution in [3.63, 3.8) is 0 Å². The number of rotatable bonds is 1. The lowest BCUT2D eigenvalue weighted by atomic mass is 9.91. The van der Waals surface area contributed by atoms with Gasteiger partial charge in [0.2, 0.25) is 0 Å². The molecule has 5 rings (SSSR count). The number of fused-ring (bicyclic) bond motifs is 5. The number of hydrogen-bond donors (Lipinski definition) is 0. The third-order valence-electron chi connectivity index (χ3n) is 5.50. The van der Waals surface area contributed by atoms with Crippen molar-refractivity contribution in [3.05, 3.63) is 106 Å². The molecule has 0 N–H and O–H groups in total. The summed E-state index contributed by atoms with van der Waals surface area (Å²) in [6.45, 7) is 4.35. The molecule has 3 aromatic rings. The second kappa shape index (κ2) is 5.86. The zero-order valence-corrected chi connectivity index (χ0v) is 15.0. The molecule has 0 bridgehead atoms. The van der Waals surface area contributed by atoms with Gasteiger partial charge in [0.25, 0.3) is 0 Å². The van der Waals surface area contributed by atoms with Crippen molar-refractivity contribution in [2.75, 3.05) is 4.90 Å². The van der Waals surface area contributed by atoms with Gasteiger partial charge in [-0.2, -0.15) is 0 Å². The minimum atomic E-state index is -0.101. The van der Waals surface area contributed by atoms with E-state index in [1.807, 2.05) is 0 Å². The highest BCUT2D eigenvalue weighted by molar-refractivity contribution is 5.70. The van der Waals surface area contributed by atoms with Crippen molar-refractivity contribution in [2.24, 2.45) is 0 Å². The number of aryl methyl sites for hydroxylation is 2. The fourth-order valence-electron chi connectivity index (χ4n) is 3.97. The molecule has 0 aromatic heterocycles. The summed E-state index contributed by atoms with van der Waals surface area (Å²) in [5.74, 6) is 0. The average Bonchev–Trinajstić information content (AvgIpc) is 2.69. The lowest BCUT2D eigenvalue weighted by molar-refractivity contribution is -0.000398. The van der Waals surface area contributed by atoms with Gasteiger partial charge < -0.3 is 9.64 Å². The highest BCUT2D eigenvalue weighted by Gasteiger charge is 2.36. The number of anilines is 1. The standard InChI is InChI=1S/C24H21NO/c1-16-14-21-22(15-17(16)2)25-13-12-18-8-6-7-11-20(18)24(25)26-23(21)19-9-4-3-5-10-19/h3-15,23-24H,1-2H3. The van der Waals surface area contributed by atoms with Gasteiger partial charge in [0.1, 0.15) is 6.10 Å². The zero-order valence-electron chi connectivity index (χ0n) is 15.0. The molecular formula is C24H21NO. The summed E-state index contributed by atoms with van der Waals surface area (Å²) < 4.78 is 6.70. The molecule has 2 heterocycles. The number of benzene rings is 3. The van der Waals surface area contributed by atoms with Crippen LogP contribution in [0.3, 0.4) is 0 Å². The van der Waals surface area contributed by atoms with Gasteiger partial charge in [-0.05, 0) is 48.2 Å². The summed E-state index contributed by atoms with van der Waals surface area (Å²) in [5.41, 5.74) is 8.73. The molecule has 0 amide bonds. The maximum atomic E-state index is 6.70. The Balaban J connectivity index is 1.73. The summed E-state index contributed by atoms with van der Waals surface area (Å²) in [4.78, 5) is 2.27. The van der Waals surface area contributed by atoms with Crippen molar-refractivity contribution in [1.82, 2.24) is 0 Å². The SMILES string of the molecule is Cc1cc2c(cc1C)N1C=Cc3ccccc3C1OC2c1ccccc1. The second-order valence-corrected chi connectivity index (χ2v) is 7.13. The van der Waals surface area contributed by atoms with E-state index in [2.05, 4.69) is 97.8 Å². The summed E-state index contributed by atoms with van der Waals surface area (Å²) in [7, 11) is 0. The second-order valence-electron chi connectivity index (χ2n) is 7.13. The molecule has 3 aromatic carbocycles. The van der Waals surface area contributed by atoms with E-state index in [9.17, 15) is 0 Å². The van der Waals surface area contributed by atoms with Gasteiger partial charge >= 0.3 is 0 Å². The van der Waals surface area contributed by atoms with Crippen molar-refractivity contribution in [2.45, 2.75) is 26.2 Å². The maximum absolute atomic E-state index is 6.70. The number of ether oxygens (including phenoxy) is 1. The first-order valence-corrected chi connectivity index (χ1v) is 9.09. The summed E-state index contributed by atoms with van der Waals surface area (Å²) in [6, 6.07) is 23.6. The first kappa shape index (κ1) is 15.4. The largest absolute Gasteiger partial charge is 0.341 e. The zero-order chi connectivity index (χ0) is 17.7. The minimum Gasteiger partial charge on any atom is -0.341 e. The Kier molecular flexibility index (Phi) is 3.47. The van der Waals surface area contributed by atoms with Crippen LogP contribution in [-0.2, 0) is 4.74 Å². The highest BCUT2D eigenvalue weighted by atomic mass is 16.5. The van der Waals surface area contributed by atoms with Crippen LogP contribution in [0.2, 0.25) is 0 Å². The first-order valence-electron chi connectivity index (χ1n) is 9.09. The van der Waals surface area contributed by atoms with Crippen LogP contribution < -0.4 is 4.90 Å². The Labute approximate surface area is 154 Å². The molecule has 2 aliphatic rings. The molecule has 0 radical (unpaired) electrons. The molecule has 0 fully saturated rings. The molecule has 26 heavy (non-hydrogen) atoms. The van der Waals surface area contributed by atoms with Crippen LogP contribution in [0.15, 0.2) is 72.9 Å². The van der Waals surface area contributed by atoms with E-state index in [0.717, 1.165) is 0 Å². The van der Waals surface area contributed by atoms with E-state index in [1.165, 1.54) is 39.1 Å². The summed E-state index contributed by atoms with van der Waals surface area (Å²) in [6.07, 6.45) is 4.17. The topological polar surface area (TPSA) is 12.5 Å². The Bertz CT molecular complexity index is 1010. The van der Waals surface area contributed by atoms with Gasteiger partial charge in [-0.15, -0.1) is 0 Å². The van der Waals surface area contributed by atoms with E-state index in [0.29, 0.717) is 0 Å². The molecule has 2 heteroatoms. The summed E-state index contributed by atoms with van der Waals surface area (Å²) in [5, 5.41) is 0. The molecule has 0 saturated heterocycles. The van der Waals surface area contributed by atoms with E-state index >= 15 is 0 Å². The molecule has 2 nitrogen and oxygen atoms in total. The van der Waals surface area contributed by atoms with Gasteiger partial charge in [-0.1, -0.05) is 60.7 Å². The monoisotopic (exact) mass is 339 g/mol. The number of nitrogens with zero attached hydrogens (tertiary/aromatic N) is 1. The van der Waals surface area contributed by atoms with Gasteiger partial charge in [-0.3, -0.25) is 0 Å². The van der Waals surface area contributed by atoms with E-state index < -0.39 is 0 Å². The predicted octanol–water partition coefficient (Wildman–Crippen LogP) is 5.91. The smallest absolute Gasteiger partial charge is 0.162 e. The normalized spacial score (nSPS) is 20.3. The summed E-state index contributed by atoms with van der Waals surface area (Å²) >= 11 is 0.